The van der Waals surface area contributed by atoms with Crippen LogP contribution in [0.1, 0.15) is 20.3 Å². The van der Waals surface area contributed by atoms with Gasteiger partial charge in [0.2, 0.25) is 0 Å². The molecule has 4 nitrogen and oxygen atoms in total. The minimum Gasteiger partial charge on any atom is -0.398 e. The lowest BCUT2D eigenvalue weighted by molar-refractivity contribution is 0.399. The summed E-state index contributed by atoms with van der Waals surface area (Å²) in [5.41, 5.74) is 8.38. The second kappa shape index (κ2) is 5.15. The summed E-state index contributed by atoms with van der Waals surface area (Å²) in [5.74, 6) is 0. The number of nitriles is 1. The summed E-state index contributed by atoms with van der Waals surface area (Å²) < 4.78 is 1.86. The fraction of sp³-hybridized carbons (Fsp3) is 0.333. The van der Waals surface area contributed by atoms with E-state index in [4.69, 9.17) is 11.0 Å². The summed E-state index contributed by atoms with van der Waals surface area (Å²) in [6, 6.07) is 10.0. The van der Waals surface area contributed by atoms with Gasteiger partial charge < -0.3 is 5.73 Å². The molecule has 1 aromatic carbocycles. The van der Waals surface area contributed by atoms with Crippen molar-refractivity contribution in [3.8, 4) is 17.2 Å². The Hall–Kier alpha value is -2.28. The molecule has 0 spiro atoms. The van der Waals surface area contributed by atoms with Crippen molar-refractivity contribution in [2.45, 2.75) is 26.8 Å². The first-order valence-electron chi connectivity index (χ1n) is 6.30. The highest BCUT2D eigenvalue weighted by Crippen LogP contribution is 2.25. The quantitative estimate of drug-likeness (QED) is 0.852. The second-order valence-electron chi connectivity index (χ2n) is 5.33. The van der Waals surface area contributed by atoms with Gasteiger partial charge >= 0.3 is 0 Å². The van der Waals surface area contributed by atoms with E-state index in [1.165, 1.54) is 0 Å². The van der Waals surface area contributed by atoms with E-state index in [1.807, 2.05) is 55.2 Å². The van der Waals surface area contributed by atoms with Crippen molar-refractivity contribution in [1.29, 1.82) is 5.26 Å². The van der Waals surface area contributed by atoms with Gasteiger partial charge in [-0.2, -0.15) is 10.4 Å². The predicted molar refractivity (Wildman–Crippen MR) is 76.1 cm³/mol. The largest absolute Gasteiger partial charge is 0.398 e. The summed E-state index contributed by atoms with van der Waals surface area (Å²) in [4.78, 5) is 0. The molecule has 2 aromatic rings. The van der Waals surface area contributed by atoms with Gasteiger partial charge in [0.15, 0.2) is 0 Å². The Morgan fingerprint density at radius 1 is 1.37 bits per heavy atom. The zero-order chi connectivity index (χ0) is 13.9. The van der Waals surface area contributed by atoms with Gasteiger partial charge in [0, 0.05) is 29.6 Å². The van der Waals surface area contributed by atoms with E-state index in [9.17, 15) is 0 Å². The molecule has 0 amide bonds. The lowest BCUT2D eigenvalue weighted by atomic mass is 9.92. The second-order valence-corrected chi connectivity index (χ2v) is 5.33. The fourth-order valence-corrected chi connectivity index (χ4v) is 1.83. The van der Waals surface area contributed by atoms with Gasteiger partial charge in [0.05, 0.1) is 17.7 Å². The molecule has 0 bridgehead atoms. The van der Waals surface area contributed by atoms with E-state index < -0.39 is 0 Å². The highest BCUT2D eigenvalue weighted by atomic mass is 15.3. The smallest absolute Gasteiger partial charge is 0.0684 e. The average Bonchev–Trinajstić information content (AvgIpc) is 2.86. The molecule has 0 fully saturated rings. The number of hydrogen-bond acceptors (Lipinski definition) is 3. The number of benzene rings is 1. The summed E-state index contributed by atoms with van der Waals surface area (Å²) in [7, 11) is 0. The Balaban J connectivity index is 2.13. The van der Waals surface area contributed by atoms with Gasteiger partial charge in [-0.25, -0.2) is 0 Å². The summed E-state index contributed by atoms with van der Waals surface area (Å²) >= 11 is 0. The molecule has 98 valence electrons. The van der Waals surface area contributed by atoms with Crippen LogP contribution in [0.2, 0.25) is 0 Å². The lowest BCUT2D eigenvalue weighted by Gasteiger charge is -2.14. The molecule has 1 aromatic heterocycles. The van der Waals surface area contributed by atoms with Crippen LogP contribution < -0.4 is 5.73 Å². The maximum atomic E-state index is 9.00. The highest BCUT2D eigenvalue weighted by Gasteiger charge is 2.16. The molecule has 0 saturated heterocycles. The van der Waals surface area contributed by atoms with Gasteiger partial charge in [0.1, 0.15) is 0 Å². The molecule has 2 rings (SSSR count). The third-order valence-electron chi connectivity index (χ3n) is 3.17. The number of rotatable bonds is 4. The van der Waals surface area contributed by atoms with E-state index >= 15 is 0 Å². The summed E-state index contributed by atoms with van der Waals surface area (Å²) in [6.45, 7) is 4.60. The maximum absolute atomic E-state index is 9.00. The van der Waals surface area contributed by atoms with Gasteiger partial charge in [-0.1, -0.05) is 18.2 Å². The number of nitrogen functional groups attached to an aromatic ring is 1. The van der Waals surface area contributed by atoms with E-state index in [2.05, 4.69) is 11.2 Å². The Morgan fingerprint density at radius 3 is 2.79 bits per heavy atom. The van der Waals surface area contributed by atoms with Crippen LogP contribution in [0.5, 0.6) is 0 Å². The van der Waals surface area contributed by atoms with E-state index in [1.54, 1.807) is 0 Å². The molecule has 0 aliphatic rings. The van der Waals surface area contributed by atoms with Crippen LogP contribution in [-0.2, 0) is 6.54 Å². The monoisotopic (exact) mass is 254 g/mol. The normalized spacial score (nSPS) is 11.2. The number of nitrogens with two attached hydrogens (primary N) is 1. The number of aryl methyl sites for hydroxylation is 1. The van der Waals surface area contributed by atoms with Crippen LogP contribution in [-0.4, -0.2) is 9.78 Å². The van der Waals surface area contributed by atoms with Crippen LogP contribution >= 0.6 is 0 Å². The molecule has 0 aliphatic carbocycles. The van der Waals surface area contributed by atoms with Crippen molar-refractivity contribution < 1.29 is 0 Å². The minimum atomic E-state index is -0.322. The zero-order valence-electron chi connectivity index (χ0n) is 11.3. The Morgan fingerprint density at radius 2 is 2.11 bits per heavy atom. The van der Waals surface area contributed by atoms with Crippen molar-refractivity contribution in [2.75, 3.05) is 5.73 Å². The molecule has 1 heterocycles. The molecule has 0 atom stereocenters. The fourth-order valence-electron chi connectivity index (χ4n) is 1.83. The van der Waals surface area contributed by atoms with Crippen LogP contribution in [0, 0.1) is 16.7 Å². The molecule has 0 radical (unpaired) electrons. The van der Waals surface area contributed by atoms with Crippen LogP contribution in [0.4, 0.5) is 5.69 Å². The summed E-state index contributed by atoms with van der Waals surface area (Å²) in [5, 5.41) is 13.3. The van der Waals surface area contributed by atoms with Crippen molar-refractivity contribution in [3.05, 3.63) is 36.7 Å². The average molecular weight is 254 g/mol. The molecule has 19 heavy (non-hydrogen) atoms. The molecule has 2 N–H and O–H groups in total. The van der Waals surface area contributed by atoms with E-state index in [-0.39, 0.29) is 5.41 Å². The predicted octanol–water partition coefficient (Wildman–Crippen LogP) is 3.07. The zero-order valence-corrected chi connectivity index (χ0v) is 11.3. The standard InChI is InChI=1S/C15H18N4/c1-15(2,11-16)7-8-19-10-12(9-18-19)13-5-3-4-6-14(13)17/h3-6,9-10H,7-8,17H2,1-2H3. The first-order chi connectivity index (χ1) is 9.02. The SMILES string of the molecule is CC(C)(C#N)CCn1cc(-c2ccccc2N)cn1. The van der Waals surface area contributed by atoms with E-state index in [0.717, 1.165) is 29.8 Å². The van der Waals surface area contributed by atoms with Crippen molar-refractivity contribution in [1.82, 2.24) is 9.78 Å². The highest BCUT2D eigenvalue weighted by molar-refractivity contribution is 5.75. The van der Waals surface area contributed by atoms with Crippen molar-refractivity contribution in [3.63, 3.8) is 0 Å². The third kappa shape index (κ3) is 3.14. The van der Waals surface area contributed by atoms with Crippen molar-refractivity contribution in [2.24, 2.45) is 5.41 Å². The van der Waals surface area contributed by atoms with Gasteiger partial charge in [0.25, 0.3) is 0 Å². The van der Waals surface area contributed by atoms with Gasteiger partial charge in [-0.05, 0) is 26.3 Å². The Kier molecular flexibility index (Phi) is 3.57. The molecule has 4 heteroatoms. The Bertz CT molecular complexity index is 605. The first kappa shape index (κ1) is 13.2. The molecule has 0 saturated carbocycles. The van der Waals surface area contributed by atoms with Crippen LogP contribution in [0.15, 0.2) is 36.7 Å². The van der Waals surface area contributed by atoms with Crippen LogP contribution in [0.25, 0.3) is 11.1 Å². The Labute approximate surface area is 113 Å². The summed E-state index contributed by atoms with van der Waals surface area (Å²) in [6.07, 6.45) is 4.55. The van der Waals surface area contributed by atoms with Crippen LogP contribution in [0.3, 0.4) is 0 Å². The lowest BCUT2D eigenvalue weighted by Crippen LogP contribution is -2.12. The van der Waals surface area contributed by atoms with Gasteiger partial charge in [-0.15, -0.1) is 0 Å². The number of anilines is 1. The minimum absolute atomic E-state index is 0.322. The molecular formula is C15H18N4. The molecule has 0 unspecified atom stereocenters. The first-order valence-corrected chi connectivity index (χ1v) is 6.30. The molecule has 0 aliphatic heterocycles. The number of nitrogens with zero attached hydrogens (tertiary/aromatic N) is 3. The van der Waals surface area contributed by atoms with E-state index in [0.29, 0.717) is 0 Å². The molecular weight excluding hydrogens is 236 g/mol. The van der Waals surface area contributed by atoms with Crippen molar-refractivity contribution >= 4 is 5.69 Å². The number of hydrogen-bond donors (Lipinski definition) is 1. The third-order valence-corrected chi connectivity index (χ3v) is 3.17. The number of aromatic nitrogens is 2. The number of para-hydroxylation sites is 1. The maximum Gasteiger partial charge on any atom is 0.0684 e. The van der Waals surface area contributed by atoms with Gasteiger partial charge in [-0.3, -0.25) is 4.68 Å². The topological polar surface area (TPSA) is 67.6 Å².